The van der Waals surface area contributed by atoms with Crippen LogP contribution in [-0.2, 0) is 4.74 Å². The molecule has 7 nitrogen and oxygen atoms in total. The van der Waals surface area contributed by atoms with E-state index in [1.165, 1.54) is 17.0 Å². The molecule has 2 saturated heterocycles. The van der Waals surface area contributed by atoms with Crippen molar-refractivity contribution in [3.63, 3.8) is 0 Å². The van der Waals surface area contributed by atoms with E-state index in [1.807, 2.05) is 18.2 Å². The third-order valence-corrected chi connectivity index (χ3v) is 7.86. The van der Waals surface area contributed by atoms with Crippen molar-refractivity contribution < 1.29 is 9.84 Å². The molecule has 0 aliphatic carbocycles. The second-order valence-corrected chi connectivity index (χ2v) is 9.92. The normalized spacial score (nSPS) is 19.9. The van der Waals surface area contributed by atoms with E-state index in [0.29, 0.717) is 23.4 Å². The number of nitrogens with zero attached hydrogens (tertiary/aromatic N) is 4. The summed E-state index contributed by atoms with van der Waals surface area (Å²) in [7, 11) is 2.17. The summed E-state index contributed by atoms with van der Waals surface area (Å²) in [5, 5.41) is 10.8. The molecule has 0 amide bonds. The summed E-state index contributed by atoms with van der Waals surface area (Å²) in [6, 6.07) is 10.0. The van der Waals surface area contributed by atoms with Gasteiger partial charge in [-0.25, -0.2) is 4.98 Å². The molecule has 2 aliphatic heterocycles. The van der Waals surface area contributed by atoms with Crippen molar-refractivity contribution in [3.05, 3.63) is 51.9 Å². The summed E-state index contributed by atoms with van der Waals surface area (Å²) in [6.45, 7) is 5.61. The lowest BCUT2D eigenvalue weighted by Crippen LogP contribution is -2.28. The van der Waals surface area contributed by atoms with E-state index in [2.05, 4.69) is 34.0 Å². The van der Waals surface area contributed by atoms with E-state index in [9.17, 15) is 9.90 Å². The van der Waals surface area contributed by atoms with Crippen molar-refractivity contribution in [2.45, 2.75) is 25.4 Å². The van der Waals surface area contributed by atoms with Crippen molar-refractivity contribution in [1.29, 1.82) is 0 Å². The highest BCUT2D eigenvalue weighted by Gasteiger charge is 2.26. The van der Waals surface area contributed by atoms with Crippen molar-refractivity contribution >= 4 is 27.2 Å². The Morgan fingerprint density at radius 1 is 1.09 bits per heavy atom. The highest BCUT2D eigenvalue weighted by atomic mass is 32.1. The van der Waals surface area contributed by atoms with Gasteiger partial charge in [0.15, 0.2) is 0 Å². The van der Waals surface area contributed by atoms with Gasteiger partial charge in [-0.15, -0.1) is 11.3 Å². The van der Waals surface area contributed by atoms with Crippen LogP contribution in [0, 0.1) is 5.92 Å². The molecule has 0 saturated carbocycles. The molecule has 2 aromatic heterocycles. The molecule has 1 unspecified atom stereocenters. The lowest BCUT2D eigenvalue weighted by molar-refractivity contribution is 0.00856. The van der Waals surface area contributed by atoms with Gasteiger partial charge in [-0.1, -0.05) is 0 Å². The van der Waals surface area contributed by atoms with E-state index in [-0.39, 0.29) is 11.5 Å². The van der Waals surface area contributed by atoms with E-state index in [0.717, 1.165) is 56.0 Å². The summed E-state index contributed by atoms with van der Waals surface area (Å²) in [6.07, 6.45) is 3.86. The molecule has 3 aromatic rings. The standard InChI is InChI=1S/C24H30N4O3S/c1-26-9-2-10-27(12-11-26)18-3-5-19(6-4-18)28-16-25-20-15-21(32-23(20)24(28)30)22(29)17-7-13-31-14-8-17/h3-6,15-17,22,29H,2,7-14H2,1H3. The number of hydrogen-bond donors (Lipinski definition) is 1. The molecule has 170 valence electrons. The van der Waals surface area contributed by atoms with Crippen molar-refractivity contribution in [1.82, 2.24) is 14.5 Å². The van der Waals surface area contributed by atoms with Crippen LogP contribution in [0.4, 0.5) is 5.69 Å². The summed E-state index contributed by atoms with van der Waals surface area (Å²) >= 11 is 1.36. The first-order valence-electron chi connectivity index (χ1n) is 11.4. The maximum absolute atomic E-state index is 13.2. The van der Waals surface area contributed by atoms with Gasteiger partial charge in [-0.2, -0.15) is 0 Å². The maximum atomic E-state index is 13.2. The number of rotatable bonds is 4. The average molecular weight is 455 g/mol. The van der Waals surface area contributed by atoms with Gasteiger partial charge in [0.25, 0.3) is 5.56 Å². The highest BCUT2D eigenvalue weighted by Crippen LogP contribution is 2.35. The Morgan fingerprint density at radius 3 is 2.62 bits per heavy atom. The Kier molecular flexibility index (Phi) is 6.28. The summed E-state index contributed by atoms with van der Waals surface area (Å²) < 4.78 is 7.60. The molecular weight excluding hydrogens is 424 g/mol. The lowest BCUT2D eigenvalue weighted by Gasteiger charge is -2.25. The van der Waals surface area contributed by atoms with E-state index in [4.69, 9.17) is 4.74 Å². The highest BCUT2D eigenvalue weighted by molar-refractivity contribution is 7.19. The van der Waals surface area contributed by atoms with Crippen LogP contribution in [-0.4, -0.2) is 66.0 Å². The molecule has 8 heteroatoms. The van der Waals surface area contributed by atoms with Crippen molar-refractivity contribution in [2.75, 3.05) is 51.3 Å². The summed E-state index contributed by atoms with van der Waals surface area (Å²) in [4.78, 5) is 23.3. The molecule has 0 bridgehead atoms. The molecule has 4 heterocycles. The van der Waals surface area contributed by atoms with Gasteiger partial charge in [0.1, 0.15) is 11.0 Å². The second-order valence-electron chi connectivity index (χ2n) is 8.84. The van der Waals surface area contributed by atoms with Gasteiger partial charge in [0.05, 0.1) is 17.3 Å². The topological polar surface area (TPSA) is 70.8 Å². The van der Waals surface area contributed by atoms with Crippen LogP contribution in [0.1, 0.15) is 30.2 Å². The minimum atomic E-state index is -0.571. The zero-order valence-corrected chi connectivity index (χ0v) is 19.3. The minimum absolute atomic E-state index is 0.0884. The first-order valence-corrected chi connectivity index (χ1v) is 12.2. The molecular formula is C24H30N4O3S. The smallest absolute Gasteiger partial charge is 0.275 e. The Balaban J connectivity index is 1.39. The number of fused-ring (bicyclic) bond motifs is 1. The number of hydrogen-bond acceptors (Lipinski definition) is 7. The Labute approximate surface area is 191 Å². The molecule has 1 atom stereocenters. The van der Waals surface area contributed by atoms with Crippen molar-refractivity contribution in [3.8, 4) is 5.69 Å². The number of aliphatic hydroxyl groups excluding tert-OH is 1. The number of anilines is 1. The van der Waals surface area contributed by atoms with Gasteiger partial charge in [0.2, 0.25) is 0 Å². The van der Waals surface area contributed by atoms with Crippen LogP contribution >= 0.6 is 11.3 Å². The van der Waals surface area contributed by atoms with Gasteiger partial charge in [0, 0.05) is 43.4 Å². The fraction of sp³-hybridized carbons (Fsp3) is 0.500. The van der Waals surface area contributed by atoms with Crippen LogP contribution in [0.3, 0.4) is 0 Å². The number of aromatic nitrogens is 2. The molecule has 2 aliphatic rings. The molecule has 1 aromatic carbocycles. The SMILES string of the molecule is CN1CCCN(c2ccc(-n3cnc4cc(C(O)C5CCOCC5)sc4c3=O)cc2)CC1. The monoisotopic (exact) mass is 454 g/mol. The number of likely N-dealkylation sites (N-methyl/N-ethyl adjacent to an activating group) is 1. The molecule has 0 spiro atoms. The predicted octanol–water partition coefficient (Wildman–Crippen LogP) is 3.05. The lowest BCUT2D eigenvalue weighted by atomic mass is 9.93. The number of benzene rings is 1. The zero-order valence-electron chi connectivity index (χ0n) is 18.4. The van der Waals surface area contributed by atoms with Crippen LogP contribution in [0.15, 0.2) is 41.5 Å². The molecule has 5 rings (SSSR count). The molecule has 2 fully saturated rings. The third-order valence-electron chi connectivity index (χ3n) is 6.67. The number of thiophene rings is 1. The predicted molar refractivity (Wildman–Crippen MR) is 128 cm³/mol. The van der Waals surface area contributed by atoms with Gasteiger partial charge >= 0.3 is 0 Å². The van der Waals surface area contributed by atoms with Crippen LogP contribution in [0.2, 0.25) is 0 Å². The number of aliphatic hydroxyl groups is 1. The summed E-state index contributed by atoms with van der Waals surface area (Å²) in [5.74, 6) is 0.172. The fourth-order valence-electron chi connectivity index (χ4n) is 4.65. The Hall–Kier alpha value is -2.26. The average Bonchev–Trinajstić information content (AvgIpc) is 3.15. The molecule has 1 N–H and O–H groups in total. The van der Waals surface area contributed by atoms with Gasteiger partial charge < -0.3 is 19.6 Å². The van der Waals surface area contributed by atoms with Gasteiger partial charge in [-0.3, -0.25) is 9.36 Å². The van der Waals surface area contributed by atoms with E-state index in [1.54, 1.807) is 10.9 Å². The van der Waals surface area contributed by atoms with E-state index < -0.39 is 6.10 Å². The third kappa shape index (κ3) is 4.32. The largest absolute Gasteiger partial charge is 0.387 e. The Morgan fingerprint density at radius 2 is 1.84 bits per heavy atom. The quantitative estimate of drug-likeness (QED) is 0.654. The number of ether oxygens (including phenoxy) is 1. The first-order chi connectivity index (χ1) is 15.6. The maximum Gasteiger partial charge on any atom is 0.275 e. The van der Waals surface area contributed by atoms with Gasteiger partial charge in [-0.05, 0) is 69.1 Å². The van der Waals surface area contributed by atoms with E-state index >= 15 is 0 Å². The molecule has 32 heavy (non-hydrogen) atoms. The summed E-state index contributed by atoms with van der Waals surface area (Å²) in [5.41, 5.74) is 2.56. The fourth-order valence-corrected chi connectivity index (χ4v) is 5.77. The molecule has 0 radical (unpaired) electrons. The second kappa shape index (κ2) is 9.31. The Bertz CT molecular complexity index is 1120. The minimum Gasteiger partial charge on any atom is -0.387 e. The van der Waals surface area contributed by atoms with Crippen LogP contribution < -0.4 is 10.5 Å². The first kappa shape index (κ1) is 21.6. The van der Waals surface area contributed by atoms with Crippen LogP contribution in [0.5, 0.6) is 0 Å². The van der Waals surface area contributed by atoms with Crippen LogP contribution in [0.25, 0.3) is 15.9 Å². The zero-order chi connectivity index (χ0) is 22.1. The van der Waals surface area contributed by atoms with Crippen molar-refractivity contribution in [2.24, 2.45) is 5.92 Å².